The van der Waals surface area contributed by atoms with Crippen molar-refractivity contribution in [2.24, 2.45) is 5.10 Å². The molecule has 1 amide bonds. The first-order valence-electron chi connectivity index (χ1n) is 9.48. The zero-order chi connectivity index (χ0) is 20.1. The zero-order valence-electron chi connectivity index (χ0n) is 16.8. The van der Waals surface area contributed by atoms with E-state index in [1.54, 1.807) is 6.21 Å². The van der Waals surface area contributed by atoms with Crippen LogP contribution in [0.15, 0.2) is 65.8 Å². The second-order valence-corrected chi connectivity index (χ2v) is 7.66. The van der Waals surface area contributed by atoms with E-state index in [0.29, 0.717) is 12.2 Å². The first kappa shape index (κ1) is 19.6. The second-order valence-electron chi connectivity index (χ2n) is 7.66. The smallest absolute Gasteiger partial charge is 0.271 e. The number of hydrogen-bond donors (Lipinski definition) is 1. The highest BCUT2D eigenvalue weighted by Gasteiger charge is 2.14. The molecule has 0 aliphatic rings. The molecular formula is C24H26N2O2. The molecule has 0 aliphatic heterocycles. The molecule has 4 heteroatoms. The summed E-state index contributed by atoms with van der Waals surface area (Å²) in [6, 6.07) is 19.6. The van der Waals surface area contributed by atoms with Gasteiger partial charge in [0.2, 0.25) is 0 Å². The summed E-state index contributed by atoms with van der Waals surface area (Å²) in [6.45, 7) is 8.94. The SMILES string of the molecule is CCOc1ccc2ccccc2c1/C=N/NC(=O)c1ccc(C(C)(C)C)cc1. The molecule has 3 aromatic carbocycles. The van der Waals surface area contributed by atoms with E-state index < -0.39 is 0 Å². The molecule has 0 aliphatic carbocycles. The lowest BCUT2D eigenvalue weighted by molar-refractivity contribution is 0.0955. The van der Waals surface area contributed by atoms with Crippen molar-refractivity contribution in [1.82, 2.24) is 5.43 Å². The second kappa shape index (κ2) is 8.26. The van der Waals surface area contributed by atoms with Crippen LogP contribution in [-0.2, 0) is 5.41 Å². The standard InChI is InChI=1S/C24H26N2O2/c1-5-28-22-15-12-17-8-6-7-9-20(17)21(22)16-25-26-23(27)18-10-13-19(14-11-18)24(2,3)4/h6-16H,5H2,1-4H3,(H,26,27)/b25-16+. The summed E-state index contributed by atoms with van der Waals surface area (Å²) in [5, 5.41) is 6.30. The highest BCUT2D eigenvalue weighted by molar-refractivity contribution is 6.03. The predicted octanol–water partition coefficient (Wildman–Crippen LogP) is 5.30. The van der Waals surface area contributed by atoms with Crippen LogP contribution in [0.4, 0.5) is 0 Å². The molecule has 144 valence electrons. The lowest BCUT2D eigenvalue weighted by Gasteiger charge is -2.18. The molecule has 3 aromatic rings. The number of hydrogen-bond acceptors (Lipinski definition) is 3. The van der Waals surface area contributed by atoms with Gasteiger partial charge in [-0.25, -0.2) is 5.43 Å². The molecule has 0 spiro atoms. The molecule has 1 N–H and O–H groups in total. The third-order valence-corrected chi connectivity index (χ3v) is 4.60. The lowest BCUT2D eigenvalue weighted by atomic mass is 9.87. The Kier molecular flexibility index (Phi) is 5.78. The molecular weight excluding hydrogens is 348 g/mol. The van der Waals surface area contributed by atoms with Gasteiger partial charge in [-0.05, 0) is 46.9 Å². The monoisotopic (exact) mass is 374 g/mol. The van der Waals surface area contributed by atoms with E-state index >= 15 is 0 Å². The van der Waals surface area contributed by atoms with E-state index in [1.807, 2.05) is 67.6 Å². The fourth-order valence-corrected chi connectivity index (χ4v) is 3.03. The molecule has 3 rings (SSSR count). The van der Waals surface area contributed by atoms with E-state index in [2.05, 4.69) is 31.3 Å². The quantitative estimate of drug-likeness (QED) is 0.487. The van der Waals surface area contributed by atoms with Crippen molar-refractivity contribution in [1.29, 1.82) is 0 Å². The van der Waals surface area contributed by atoms with Gasteiger partial charge >= 0.3 is 0 Å². The summed E-state index contributed by atoms with van der Waals surface area (Å²) in [7, 11) is 0. The Bertz CT molecular complexity index is 999. The number of carbonyl (C=O) groups excluding carboxylic acids is 1. The minimum Gasteiger partial charge on any atom is -0.493 e. The number of benzene rings is 3. The van der Waals surface area contributed by atoms with Crippen LogP contribution >= 0.6 is 0 Å². The molecule has 0 bridgehead atoms. The van der Waals surface area contributed by atoms with Crippen molar-refractivity contribution >= 4 is 22.9 Å². The topological polar surface area (TPSA) is 50.7 Å². The Morgan fingerprint density at radius 1 is 1.04 bits per heavy atom. The van der Waals surface area contributed by atoms with Crippen LogP contribution in [0.5, 0.6) is 5.75 Å². The normalized spacial score (nSPS) is 11.7. The number of nitrogens with one attached hydrogen (secondary N) is 1. The van der Waals surface area contributed by atoms with Gasteiger partial charge in [0.05, 0.1) is 12.8 Å². The highest BCUT2D eigenvalue weighted by atomic mass is 16.5. The van der Waals surface area contributed by atoms with Crippen LogP contribution in [0.3, 0.4) is 0 Å². The Hall–Kier alpha value is -3.14. The van der Waals surface area contributed by atoms with E-state index in [0.717, 1.165) is 22.1 Å². The molecule has 4 nitrogen and oxygen atoms in total. The molecule has 0 atom stereocenters. The maximum atomic E-state index is 12.4. The number of rotatable bonds is 5. The number of nitrogens with zero attached hydrogens (tertiary/aromatic N) is 1. The Labute approximate surface area is 166 Å². The molecule has 0 saturated carbocycles. The summed E-state index contributed by atoms with van der Waals surface area (Å²) in [6.07, 6.45) is 1.65. The average molecular weight is 374 g/mol. The van der Waals surface area contributed by atoms with Gasteiger partial charge in [0.15, 0.2) is 0 Å². The van der Waals surface area contributed by atoms with Crippen LogP contribution < -0.4 is 10.2 Å². The Balaban J connectivity index is 1.80. The van der Waals surface area contributed by atoms with Gasteiger partial charge < -0.3 is 4.74 Å². The van der Waals surface area contributed by atoms with E-state index in [1.165, 1.54) is 5.56 Å². The third kappa shape index (κ3) is 4.39. The van der Waals surface area contributed by atoms with Crippen LogP contribution in [0.1, 0.15) is 49.2 Å². The van der Waals surface area contributed by atoms with Crippen molar-refractivity contribution in [3.8, 4) is 5.75 Å². The summed E-state index contributed by atoms with van der Waals surface area (Å²) in [4.78, 5) is 12.4. The first-order chi connectivity index (χ1) is 13.4. The zero-order valence-corrected chi connectivity index (χ0v) is 16.8. The van der Waals surface area contributed by atoms with Crippen molar-refractivity contribution in [3.05, 3.63) is 77.4 Å². The van der Waals surface area contributed by atoms with Crippen LogP contribution in [0, 0.1) is 0 Å². The molecule has 0 radical (unpaired) electrons. The van der Waals surface area contributed by atoms with E-state index in [9.17, 15) is 4.79 Å². The third-order valence-electron chi connectivity index (χ3n) is 4.60. The number of amides is 1. The summed E-state index contributed by atoms with van der Waals surface area (Å²) in [5.41, 5.74) is 5.28. The number of ether oxygens (including phenoxy) is 1. The van der Waals surface area contributed by atoms with Crippen molar-refractivity contribution < 1.29 is 9.53 Å². The van der Waals surface area contributed by atoms with E-state index in [-0.39, 0.29) is 11.3 Å². The van der Waals surface area contributed by atoms with Gasteiger partial charge in [0.1, 0.15) is 5.75 Å². The van der Waals surface area contributed by atoms with Gasteiger partial charge in [0, 0.05) is 11.1 Å². The molecule has 0 fully saturated rings. The molecule has 0 unspecified atom stereocenters. The molecule has 0 heterocycles. The summed E-state index contributed by atoms with van der Waals surface area (Å²) < 4.78 is 5.73. The van der Waals surface area contributed by atoms with Crippen molar-refractivity contribution in [3.63, 3.8) is 0 Å². The summed E-state index contributed by atoms with van der Waals surface area (Å²) >= 11 is 0. The van der Waals surface area contributed by atoms with Crippen molar-refractivity contribution in [2.75, 3.05) is 6.61 Å². The number of carbonyl (C=O) groups is 1. The largest absolute Gasteiger partial charge is 0.493 e. The minimum absolute atomic E-state index is 0.0528. The predicted molar refractivity (Wildman–Crippen MR) is 115 cm³/mol. The van der Waals surface area contributed by atoms with Crippen LogP contribution in [-0.4, -0.2) is 18.7 Å². The fourth-order valence-electron chi connectivity index (χ4n) is 3.03. The highest BCUT2D eigenvalue weighted by Crippen LogP contribution is 2.26. The van der Waals surface area contributed by atoms with Gasteiger partial charge in [-0.1, -0.05) is 63.2 Å². The summed E-state index contributed by atoms with van der Waals surface area (Å²) in [5.74, 6) is 0.503. The molecule has 0 aromatic heterocycles. The lowest BCUT2D eigenvalue weighted by Crippen LogP contribution is -2.18. The molecule has 28 heavy (non-hydrogen) atoms. The van der Waals surface area contributed by atoms with Crippen LogP contribution in [0.25, 0.3) is 10.8 Å². The van der Waals surface area contributed by atoms with Gasteiger partial charge in [-0.3, -0.25) is 4.79 Å². The minimum atomic E-state index is -0.241. The van der Waals surface area contributed by atoms with Crippen molar-refractivity contribution in [2.45, 2.75) is 33.1 Å². The molecule has 0 saturated heterocycles. The Morgan fingerprint density at radius 2 is 1.75 bits per heavy atom. The van der Waals surface area contributed by atoms with E-state index in [4.69, 9.17) is 4.74 Å². The maximum Gasteiger partial charge on any atom is 0.271 e. The fraction of sp³-hybridized carbons (Fsp3) is 0.250. The Morgan fingerprint density at radius 3 is 2.43 bits per heavy atom. The average Bonchev–Trinajstić information content (AvgIpc) is 2.69. The number of hydrazone groups is 1. The maximum absolute atomic E-state index is 12.4. The van der Waals surface area contributed by atoms with Gasteiger partial charge in [-0.2, -0.15) is 5.10 Å². The number of fused-ring (bicyclic) bond motifs is 1. The van der Waals surface area contributed by atoms with Gasteiger partial charge in [-0.15, -0.1) is 0 Å². The first-order valence-corrected chi connectivity index (χ1v) is 9.48. The van der Waals surface area contributed by atoms with Crippen LogP contribution in [0.2, 0.25) is 0 Å². The van der Waals surface area contributed by atoms with Gasteiger partial charge in [0.25, 0.3) is 5.91 Å².